The molecular weight excluding hydrogens is 375 g/mol. The maximum absolute atomic E-state index is 12.3. The van der Waals surface area contributed by atoms with Gasteiger partial charge in [0.15, 0.2) is 0 Å². The normalized spacial score (nSPS) is 20.4. The first-order valence-electron chi connectivity index (χ1n) is 5.70. The molecule has 1 aliphatic rings. The maximum atomic E-state index is 12.3. The van der Waals surface area contributed by atoms with Gasteiger partial charge in [0.2, 0.25) is 10.0 Å². The van der Waals surface area contributed by atoms with Crippen LogP contribution >= 0.6 is 22.6 Å². The molecule has 4 nitrogen and oxygen atoms in total. The van der Waals surface area contributed by atoms with Gasteiger partial charge in [0.05, 0.1) is 5.69 Å². The summed E-state index contributed by atoms with van der Waals surface area (Å²) in [4.78, 5) is 0.298. The lowest BCUT2D eigenvalue weighted by Gasteiger charge is -2.28. The minimum absolute atomic E-state index is 0.298. The number of hydrogen-bond acceptors (Lipinski definition) is 3. The molecule has 6 heteroatoms. The summed E-state index contributed by atoms with van der Waals surface area (Å²) in [5.41, 5.74) is 1.52. The van der Waals surface area contributed by atoms with Gasteiger partial charge >= 0.3 is 0 Å². The smallest absolute Gasteiger partial charge is 0.244 e. The highest BCUT2D eigenvalue weighted by Gasteiger charge is 2.29. The summed E-state index contributed by atoms with van der Waals surface area (Å²) in [6, 6.07) is 14.8. The Morgan fingerprint density at radius 1 is 1.05 bits per heavy atom. The average molecular weight is 386 g/mol. The zero-order valence-corrected chi connectivity index (χ0v) is 12.8. The number of anilines is 1. The van der Waals surface area contributed by atoms with Crippen molar-refractivity contribution in [2.75, 3.05) is 5.32 Å². The molecule has 0 saturated carbocycles. The topological polar surface area (TPSA) is 58.2 Å². The summed E-state index contributed by atoms with van der Waals surface area (Å²) in [6.07, 6.45) is -0.432. The Labute approximate surface area is 125 Å². The van der Waals surface area contributed by atoms with Crippen LogP contribution in [0.4, 0.5) is 5.69 Å². The fourth-order valence-corrected chi connectivity index (χ4v) is 4.07. The molecule has 0 aliphatic carbocycles. The standard InChI is InChI=1S/C13H11IN2O2S/c14-10-6-7-11-12(8-10)19(17,18)16-13(15-11)9-4-2-1-3-5-9/h1-8,13,15-16H. The van der Waals surface area contributed by atoms with Crippen molar-refractivity contribution in [1.29, 1.82) is 0 Å². The molecule has 1 aliphatic heterocycles. The Kier molecular flexibility index (Phi) is 3.23. The minimum atomic E-state index is -3.48. The summed E-state index contributed by atoms with van der Waals surface area (Å²) < 4.78 is 28.0. The number of halogens is 1. The summed E-state index contributed by atoms with van der Waals surface area (Å²) in [7, 11) is -3.48. The third kappa shape index (κ3) is 2.47. The highest BCUT2D eigenvalue weighted by molar-refractivity contribution is 14.1. The first kappa shape index (κ1) is 12.9. The van der Waals surface area contributed by atoms with Gasteiger partial charge in [0.1, 0.15) is 11.1 Å². The van der Waals surface area contributed by atoms with Crippen molar-refractivity contribution in [3.05, 3.63) is 57.7 Å². The molecule has 19 heavy (non-hydrogen) atoms. The molecule has 0 fully saturated rings. The first-order valence-corrected chi connectivity index (χ1v) is 8.26. The van der Waals surface area contributed by atoms with E-state index in [-0.39, 0.29) is 0 Å². The van der Waals surface area contributed by atoms with Crippen LogP contribution in [0.3, 0.4) is 0 Å². The number of fused-ring (bicyclic) bond motifs is 1. The van der Waals surface area contributed by atoms with Crippen molar-refractivity contribution in [2.24, 2.45) is 0 Å². The summed E-state index contributed by atoms with van der Waals surface area (Å²) in [5.74, 6) is 0. The van der Waals surface area contributed by atoms with Gasteiger partial charge in [-0.2, -0.15) is 4.72 Å². The van der Waals surface area contributed by atoms with Crippen LogP contribution in [0.2, 0.25) is 0 Å². The van der Waals surface area contributed by atoms with Crippen molar-refractivity contribution in [3.63, 3.8) is 0 Å². The molecule has 0 saturated heterocycles. The monoisotopic (exact) mass is 386 g/mol. The van der Waals surface area contributed by atoms with E-state index >= 15 is 0 Å². The number of hydrogen-bond donors (Lipinski definition) is 2. The molecule has 1 unspecified atom stereocenters. The van der Waals surface area contributed by atoms with E-state index in [0.29, 0.717) is 10.6 Å². The van der Waals surface area contributed by atoms with E-state index in [1.165, 1.54) is 0 Å². The third-order valence-electron chi connectivity index (χ3n) is 2.94. The van der Waals surface area contributed by atoms with Crippen LogP contribution in [0, 0.1) is 3.57 Å². The number of benzene rings is 2. The maximum Gasteiger partial charge on any atom is 0.244 e. The van der Waals surface area contributed by atoms with E-state index in [2.05, 4.69) is 32.6 Å². The second kappa shape index (κ2) is 4.77. The Morgan fingerprint density at radius 3 is 2.53 bits per heavy atom. The van der Waals surface area contributed by atoms with Gasteiger partial charge in [0.25, 0.3) is 0 Å². The second-order valence-electron chi connectivity index (χ2n) is 4.25. The molecule has 1 atom stereocenters. The van der Waals surface area contributed by atoms with E-state index in [1.807, 2.05) is 36.4 Å². The SMILES string of the molecule is O=S1(=O)NC(c2ccccc2)Nc2ccc(I)cc21. The lowest BCUT2D eigenvalue weighted by molar-refractivity contribution is 0.562. The van der Waals surface area contributed by atoms with E-state index in [0.717, 1.165) is 9.13 Å². The average Bonchev–Trinajstić information content (AvgIpc) is 2.40. The Balaban J connectivity index is 2.07. The zero-order valence-electron chi connectivity index (χ0n) is 9.80. The summed E-state index contributed by atoms with van der Waals surface area (Å²) >= 11 is 2.10. The van der Waals surface area contributed by atoms with Crippen LogP contribution < -0.4 is 10.0 Å². The van der Waals surface area contributed by atoms with Gasteiger partial charge in [-0.05, 0) is 46.4 Å². The van der Waals surface area contributed by atoms with Gasteiger partial charge in [0, 0.05) is 3.57 Å². The largest absolute Gasteiger partial charge is 0.364 e. The van der Waals surface area contributed by atoms with Gasteiger partial charge in [-0.3, -0.25) is 0 Å². The Hall–Kier alpha value is -1.12. The minimum Gasteiger partial charge on any atom is -0.364 e. The number of sulfonamides is 1. The highest BCUT2D eigenvalue weighted by Crippen LogP contribution is 2.31. The van der Waals surface area contributed by atoms with Crippen molar-refractivity contribution in [2.45, 2.75) is 11.1 Å². The van der Waals surface area contributed by atoms with Crippen molar-refractivity contribution in [3.8, 4) is 0 Å². The molecule has 0 bridgehead atoms. The molecule has 2 aromatic carbocycles. The molecule has 0 aromatic heterocycles. The second-order valence-corrected chi connectivity index (χ2v) is 7.18. The number of nitrogens with one attached hydrogen (secondary N) is 2. The van der Waals surface area contributed by atoms with E-state index in [1.54, 1.807) is 12.1 Å². The van der Waals surface area contributed by atoms with Gasteiger partial charge in [-0.1, -0.05) is 30.3 Å². The predicted octanol–water partition coefficient (Wildman–Crippen LogP) is 2.69. The number of rotatable bonds is 1. The van der Waals surface area contributed by atoms with Crippen LogP contribution in [0.15, 0.2) is 53.4 Å². The van der Waals surface area contributed by atoms with Crippen LogP contribution in [0.1, 0.15) is 11.7 Å². The van der Waals surface area contributed by atoms with Gasteiger partial charge in [-0.15, -0.1) is 0 Å². The van der Waals surface area contributed by atoms with E-state index in [9.17, 15) is 8.42 Å². The van der Waals surface area contributed by atoms with E-state index < -0.39 is 16.2 Å². The molecule has 0 radical (unpaired) electrons. The van der Waals surface area contributed by atoms with Crippen LogP contribution in [0.5, 0.6) is 0 Å². The summed E-state index contributed by atoms with van der Waals surface area (Å²) in [5, 5.41) is 3.20. The molecule has 0 amide bonds. The lowest BCUT2D eigenvalue weighted by Crippen LogP contribution is -2.38. The molecule has 0 spiro atoms. The first-order chi connectivity index (χ1) is 9.06. The fraction of sp³-hybridized carbons (Fsp3) is 0.0769. The highest BCUT2D eigenvalue weighted by atomic mass is 127. The quantitative estimate of drug-likeness (QED) is 0.742. The summed E-state index contributed by atoms with van der Waals surface area (Å²) in [6.45, 7) is 0. The van der Waals surface area contributed by atoms with Crippen LogP contribution in [-0.4, -0.2) is 8.42 Å². The van der Waals surface area contributed by atoms with Gasteiger partial charge in [-0.25, -0.2) is 8.42 Å². The van der Waals surface area contributed by atoms with E-state index in [4.69, 9.17) is 0 Å². The van der Waals surface area contributed by atoms with Crippen molar-refractivity contribution in [1.82, 2.24) is 4.72 Å². The Morgan fingerprint density at radius 2 is 1.79 bits per heavy atom. The van der Waals surface area contributed by atoms with Crippen LogP contribution in [0.25, 0.3) is 0 Å². The van der Waals surface area contributed by atoms with Crippen LogP contribution in [-0.2, 0) is 10.0 Å². The molecule has 3 rings (SSSR count). The fourth-order valence-electron chi connectivity index (χ4n) is 2.04. The molecule has 2 aromatic rings. The lowest BCUT2D eigenvalue weighted by atomic mass is 10.1. The molecule has 98 valence electrons. The molecule has 1 heterocycles. The zero-order chi connectivity index (χ0) is 13.5. The third-order valence-corrected chi connectivity index (χ3v) is 5.07. The van der Waals surface area contributed by atoms with Crippen molar-refractivity contribution < 1.29 is 8.42 Å². The molecule has 2 N–H and O–H groups in total. The van der Waals surface area contributed by atoms with Gasteiger partial charge < -0.3 is 5.32 Å². The van der Waals surface area contributed by atoms with Crippen molar-refractivity contribution >= 4 is 38.3 Å². The molecular formula is C13H11IN2O2S. The predicted molar refractivity (Wildman–Crippen MR) is 82.3 cm³/mol. The Bertz CT molecular complexity index is 717.